The highest BCUT2D eigenvalue weighted by atomic mass is 15.0. The van der Waals surface area contributed by atoms with Crippen molar-refractivity contribution in [1.29, 1.82) is 10.5 Å². The Hall–Kier alpha value is -7.39. The number of nitrogens with zero attached hydrogens (tertiary/aromatic N) is 5. The van der Waals surface area contributed by atoms with Crippen LogP contribution in [0, 0.1) is 29.2 Å². The van der Waals surface area contributed by atoms with Crippen molar-refractivity contribution in [3.63, 3.8) is 0 Å². The molecule has 2 heterocycles. The van der Waals surface area contributed by atoms with E-state index in [1.54, 1.807) is 18.2 Å². The fourth-order valence-corrected chi connectivity index (χ4v) is 7.45. The van der Waals surface area contributed by atoms with E-state index >= 15 is 0 Å². The summed E-state index contributed by atoms with van der Waals surface area (Å²) in [7, 11) is 0. The number of hydrogen-bond donors (Lipinski definition) is 0. The Morgan fingerprint density at radius 1 is 0.480 bits per heavy atom. The van der Waals surface area contributed by atoms with Gasteiger partial charge in [0.05, 0.1) is 57.6 Å². The molecular weight excluding hydrogens is 611 g/mol. The van der Waals surface area contributed by atoms with Crippen LogP contribution in [0.3, 0.4) is 0 Å². The van der Waals surface area contributed by atoms with Crippen molar-refractivity contribution >= 4 is 49.3 Å². The van der Waals surface area contributed by atoms with Gasteiger partial charge in [0.15, 0.2) is 0 Å². The van der Waals surface area contributed by atoms with Gasteiger partial charge in [0.1, 0.15) is 0 Å². The van der Waals surface area contributed by atoms with Crippen LogP contribution in [0.1, 0.15) is 11.1 Å². The van der Waals surface area contributed by atoms with Crippen LogP contribution < -0.4 is 0 Å². The molecule has 50 heavy (non-hydrogen) atoms. The maximum absolute atomic E-state index is 10.5. The smallest absolute Gasteiger partial charge is 0.211 e. The first-order valence-electron chi connectivity index (χ1n) is 16.3. The lowest BCUT2D eigenvalue weighted by molar-refractivity contribution is 1.18. The highest BCUT2D eigenvalue weighted by Gasteiger charge is 2.22. The molecule has 7 aromatic carbocycles. The second-order valence-corrected chi connectivity index (χ2v) is 12.3. The van der Waals surface area contributed by atoms with Crippen molar-refractivity contribution in [2.24, 2.45) is 0 Å². The highest BCUT2D eigenvalue weighted by Crippen LogP contribution is 2.43. The zero-order valence-corrected chi connectivity index (χ0v) is 26.7. The number of rotatable bonds is 4. The predicted molar refractivity (Wildman–Crippen MR) is 202 cm³/mol. The highest BCUT2D eigenvalue weighted by molar-refractivity contribution is 6.11. The summed E-state index contributed by atoms with van der Waals surface area (Å²) in [5.41, 5.74) is 10.8. The van der Waals surface area contributed by atoms with Gasteiger partial charge in [-0.05, 0) is 71.3 Å². The van der Waals surface area contributed by atoms with Crippen molar-refractivity contribution in [1.82, 2.24) is 9.13 Å². The Labute approximate surface area is 288 Å². The molecule has 0 aliphatic carbocycles. The van der Waals surface area contributed by atoms with Crippen LogP contribution in [0.4, 0.5) is 5.69 Å². The third-order valence-electron chi connectivity index (χ3n) is 9.59. The SMILES string of the molecule is [C-]#[N+]c1ccc(C#N)c(-c2cccc(-c3cccc(-n4c5ccccc5c5ccccc54)c3)c2)c1-n1c2ccccc2c2cc(C#N)ccc21. The standard InChI is InChI=1S/C45H25N5/c1-48-39-22-21-33(28-47)44(45(39)50-42-19-7-4-16-37(42)38-24-29(27-46)20-23-43(38)50)32-12-8-10-30(25-32)31-11-9-13-34(26-31)49-40-17-5-2-14-35(40)36-15-3-6-18-41(36)49/h2-26H. The van der Waals surface area contributed by atoms with Gasteiger partial charge in [-0.15, -0.1) is 0 Å². The van der Waals surface area contributed by atoms with Crippen LogP contribution in [-0.2, 0) is 0 Å². The van der Waals surface area contributed by atoms with E-state index in [2.05, 4.69) is 111 Å². The van der Waals surface area contributed by atoms with Gasteiger partial charge in [0.2, 0.25) is 5.69 Å². The van der Waals surface area contributed by atoms with Gasteiger partial charge in [-0.25, -0.2) is 4.85 Å². The van der Waals surface area contributed by atoms with Crippen LogP contribution in [0.15, 0.2) is 152 Å². The number of benzene rings is 7. The second-order valence-electron chi connectivity index (χ2n) is 12.3. The van der Waals surface area contributed by atoms with E-state index in [1.807, 2.05) is 48.5 Å². The van der Waals surface area contributed by atoms with Gasteiger partial charge in [-0.3, -0.25) is 0 Å². The molecular formula is C45H25N5. The fraction of sp³-hybridized carbons (Fsp3) is 0. The summed E-state index contributed by atoms with van der Waals surface area (Å²) in [4.78, 5) is 3.97. The molecule has 5 nitrogen and oxygen atoms in total. The normalized spacial score (nSPS) is 11.1. The number of fused-ring (bicyclic) bond motifs is 6. The molecule has 0 unspecified atom stereocenters. The second kappa shape index (κ2) is 11.4. The summed E-state index contributed by atoms with van der Waals surface area (Å²) >= 11 is 0. The quantitative estimate of drug-likeness (QED) is 0.181. The molecule has 0 N–H and O–H groups in total. The van der Waals surface area contributed by atoms with Gasteiger partial charge in [0.25, 0.3) is 0 Å². The lowest BCUT2D eigenvalue weighted by Crippen LogP contribution is -2.00. The minimum atomic E-state index is 0.435. The first-order chi connectivity index (χ1) is 24.7. The Balaban J connectivity index is 1.27. The summed E-state index contributed by atoms with van der Waals surface area (Å²) in [6.07, 6.45) is 0. The predicted octanol–water partition coefficient (Wildman–Crippen LogP) is 11.5. The zero-order valence-electron chi connectivity index (χ0n) is 26.7. The molecule has 0 aliphatic rings. The average molecular weight is 636 g/mol. The van der Waals surface area contributed by atoms with Crippen LogP contribution in [0.5, 0.6) is 0 Å². The molecule has 0 fully saturated rings. The van der Waals surface area contributed by atoms with Crippen LogP contribution in [-0.4, -0.2) is 9.13 Å². The number of hydrogen-bond acceptors (Lipinski definition) is 2. The van der Waals surface area contributed by atoms with E-state index in [-0.39, 0.29) is 0 Å². The molecule has 9 aromatic rings. The summed E-state index contributed by atoms with van der Waals surface area (Å²) in [6, 6.07) is 55.5. The van der Waals surface area contributed by atoms with Crippen LogP contribution in [0.2, 0.25) is 0 Å². The number of para-hydroxylation sites is 3. The molecule has 0 radical (unpaired) electrons. The molecule has 9 rings (SSSR count). The van der Waals surface area contributed by atoms with E-state index in [1.165, 1.54) is 10.8 Å². The van der Waals surface area contributed by atoms with E-state index in [0.29, 0.717) is 28.1 Å². The van der Waals surface area contributed by atoms with E-state index in [9.17, 15) is 10.5 Å². The average Bonchev–Trinajstić information content (AvgIpc) is 3.70. The van der Waals surface area contributed by atoms with Gasteiger partial charge >= 0.3 is 0 Å². The van der Waals surface area contributed by atoms with Gasteiger partial charge < -0.3 is 9.13 Å². The maximum atomic E-state index is 10.5. The van der Waals surface area contributed by atoms with Crippen molar-refractivity contribution < 1.29 is 0 Å². The largest absolute Gasteiger partial charge is 0.318 e. The van der Waals surface area contributed by atoms with Crippen LogP contribution >= 0.6 is 0 Å². The van der Waals surface area contributed by atoms with Crippen molar-refractivity contribution in [2.75, 3.05) is 0 Å². The molecule has 0 atom stereocenters. The Bertz CT molecular complexity index is 2920. The van der Waals surface area contributed by atoms with E-state index < -0.39 is 0 Å². The number of aromatic nitrogens is 2. The third kappa shape index (κ3) is 4.31. The lowest BCUT2D eigenvalue weighted by Gasteiger charge is -2.18. The van der Waals surface area contributed by atoms with Gasteiger partial charge in [0, 0.05) is 32.8 Å². The molecule has 2 aromatic heterocycles. The van der Waals surface area contributed by atoms with Crippen molar-refractivity contribution in [2.45, 2.75) is 0 Å². The van der Waals surface area contributed by atoms with Gasteiger partial charge in [-0.1, -0.05) is 97.1 Å². The molecule has 0 saturated heterocycles. The van der Waals surface area contributed by atoms with E-state index in [4.69, 9.17) is 6.57 Å². The zero-order chi connectivity index (χ0) is 33.8. The fourth-order valence-electron chi connectivity index (χ4n) is 7.45. The summed E-state index contributed by atoms with van der Waals surface area (Å²) in [5, 5.41) is 24.5. The van der Waals surface area contributed by atoms with Crippen molar-refractivity contribution in [3.8, 4) is 45.8 Å². The Morgan fingerprint density at radius 3 is 1.72 bits per heavy atom. The summed E-state index contributed by atoms with van der Waals surface area (Å²) in [6.45, 7) is 8.22. The Morgan fingerprint density at radius 2 is 1.06 bits per heavy atom. The lowest BCUT2D eigenvalue weighted by atomic mass is 9.93. The van der Waals surface area contributed by atoms with Gasteiger partial charge in [-0.2, -0.15) is 10.5 Å². The molecule has 5 heteroatoms. The maximum Gasteiger partial charge on any atom is 0.211 e. The molecule has 0 saturated carbocycles. The number of nitriles is 2. The molecule has 0 spiro atoms. The molecule has 230 valence electrons. The molecule has 0 aliphatic heterocycles. The first-order valence-corrected chi connectivity index (χ1v) is 16.3. The summed E-state index contributed by atoms with van der Waals surface area (Å²) in [5.74, 6) is 0. The minimum absolute atomic E-state index is 0.435. The topological polar surface area (TPSA) is 61.8 Å². The van der Waals surface area contributed by atoms with E-state index in [0.717, 1.165) is 55.2 Å². The molecule has 0 bridgehead atoms. The Kier molecular flexibility index (Phi) is 6.56. The summed E-state index contributed by atoms with van der Waals surface area (Å²) < 4.78 is 4.38. The van der Waals surface area contributed by atoms with Crippen molar-refractivity contribution in [3.05, 3.63) is 174 Å². The third-order valence-corrected chi connectivity index (χ3v) is 9.59. The first kappa shape index (κ1) is 28.8. The van der Waals surface area contributed by atoms with Crippen LogP contribution in [0.25, 0.3) is 82.1 Å². The monoisotopic (exact) mass is 635 g/mol. The minimum Gasteiger partial charge on any atom is -0.318 e. The molecule has 0 amide bonds.